The quantitative estimate of drug-likeness (QED) is 0.869. The number of carboxylic acid groups (broad SMARTS) is 1. The van der Waals surface area contributed by atoms with Gasteiger partial charge in [-0.1, -0.05) is 6.07 Å². The number of amides is 1. The number of amidine groups is 1. The Morgan fingerprint density at radius 3 is 2.67 bits per heavy atom. The lowest BCUT2D eigenvalue weighted by Crippen LogP contribution is -2.23. The van der Waals surface area contributed by atoms with E-state index in [1.807, 2.05) is 6.07 Å². The number of hydrogen-bond donors (Lipinski definition) is 1. The summed E-state index contributed by atoms with van der Waals surface area (Å²) in [5.74, 6) is -1.12. The van der Waals surface area contributed by atoms with Crippen molar-refractivity contribution in [3.05, 3.63) is 64.8 Å². The first-order valence-electron chi connectivity index (χ1n) is 7.04. The van der Waals surface area contributed by atoms with Crippen molar-refractivity contribution in [3.8, 4) is 0 Å². The van der Waals surface area contributed by atoms with Gasteiger partial charge in [0.1, 0.15) is 0 Å². The highest BCUT2D eigenvalue weighted by molar-refractivity contribution is 8.18. The summed E-state index contributed by atoms with van der Waals surface area (Å²) in [5.41, 5.74) is 1.62. The van der Waals surface area contributed by atoms with Gasteiger partial charge in [-0.05, 0) is 53.7 Å². The summed E-state index contributed by atoms with van der Waals surface area (Å²) in [5, 5.41) is 9.45. The second-order valence-corrected chi connectivity index (χ2v) is 6.02. The van der Waals surface area contributed by atoms with Crippen LogP contribution in [0.25, 0.3) is 6.08 Å². The topological polar surface area (TPSA) is 82.9 Å². The summed E-state index contributed by atoms with van der Waals surface area (Å²) >= 11 is 1.27. The van der Waals surface area contributed by atoms with Crippen molar-refractivity contribution in [2.45, 2.75) is 0 Å². The van der Waals surface area contributed by atoms with E-state index in [-0.39, 0.29) is 11.5 Å². The number of carbonyl (C=O) groups excluding carboxylic acids is 1. The van der Waals surface area contributed by atoms with Crippen LogP contribution in [-0.4, -0.2) is 39.1 Å². The predicted molar refractivity (Wildman–Crippen MR) is 93.1 cm³/mol. The summed E-state index contributed by atoms with van der Waals surface area (Å²) in [6.45, 7) is 0. The molecule has 0 aliphatic carbocycles. The largest absolute Gasteiger partial charge is 0.478 e. The smallest absolute Gasteiger partial charge is 0.335 e. The minimum atomic E-state index is -0.988. The Hall–Kier alpha value is -2.93. The molecule has 120 valence electrons. The molecule has 0 atom stereocenters. The Labute approximate surface area is 142 Å². The molecule has 1 aliphatic rings. The van der Waals surface area contributed by atoms with E-state index in [2.05, 4.69) is 9.98 Å². The third kappa shape index (κ3) is 3.36. The van der Waals surface area contributed by atoms with Crippen LogP contribution in [0.5, 0.6) is 0 Å². The van der Waals surface area contributed by atoms with E-state index in [0.29, 0.717) is 15.8 Å². The summed E-state index contributed by atoms with van der Waals surface area (Å²) in [7, 11) is 1.66. The number of benzene rings is 1. The highest BCUT2D eigenvalue weighted by Crippen LogP contribution is 2.33. The standard InChI is InChI=1S/C17H13N3O3S/c1-20-15(21)14(9-11-3-2-8-18-10-11)24-17(20)19-13-6-4-12(5-7-13)16(22)23/h2-10H,1H3,(H,22,23). The van der Waals surface area contributed by atoms with Gasteiger partial charge in [0.15, 0.2) is 5.17 Å². The van der Waals surface area contributed by atoms with Gasteiger partial charge in [-0.15, -0.1) is 0 Å². The van der Waals surface area contributed by atoms with Crippen LogP contribution >= 0.6 is 11.8 Å². The number of rotatable bonds is 3. The maximum atomic E-state index is 12.3. The van der Waals surface area contributed by atoms with E-state index in [4.69, 9.17) is 5.11 Å². The SMILES string of the molecule is CN1C(=O)C(=Cc2cccnc2)SC1=Nc1ccc(C(=O)O)cc1. The van der Waals surface area contributed by atoms with E-state index >= 15 is 0 Å². The molecule has 2 heterocycles. The molecule has 0 spiro atoms. The molecule has 6 nitrogen and oxygen atoms in total. The van der Waals surface area contributed by atoms with Crippen LogP contribution in [0, 0.1) is 0 Å². The first kappa shape index (κ1) is 15.9. The molecule has 7 heteroatoms. The summed E-state index contributed by atoms with van der Waals surface area (Å²) in [4.78, 5) is 33.6. The lowest BCUT2D eigenvalue weighted by Gasteiger charge is -2.07. The third-order valence-electron chi connectivity index (χ3n) is 3.32. The first-order chi connectivity index (χ1) is 11.5. The van der Waals surface area contributed by atoms with Crippen LogP contribution in [0.2, 0.25) is 0 Å². The Morgan fingerprint density at radius 1 is 1.29 bits per heavy atom. The number of carboxylic acids is 1. The zero-order chi connectivity index (χ0) is 17.1. The van der Waals surface area contributed by atoms with Crippen LogP contribution in [-0.2, 0) is 4.79 Å². The number of likely N-dealkylation sites (N-methyl/N-ethyl adjacent to an activating group) is 1. The molecule has 1 amide bonds. The van der Waals surface area contributed by atoms with Crippen LogP contribution in [0.3, 0.4) is 0 Å². The lowest BCUT2D eigenvalue weighted by atomic mass is 10.2. The number of aromatic carboxylic acids is 1. The number of carbonyl (C=O) groups is 2. The summed E-state index contributed by atoms with van der Waals surface area (Å²) in [6.07, 6.45) is 5.12. The maximum Gasteiger partial charge on any atom is 0.335 e. The van der Waals surface area contributed by atoms with Gasteiger partial charge in [0, 0.05) is 19.4 Å². The number of nitrogens with zero attached hydrogens (tertiary/aromatic N) is 3. The van der Waals surface area contributed by atoms with E-state index in [0.717, 1.165) is 5.56 Å². The van der Waals surface area contributed by atoms with Gasteiger partial charge in [0.2, 0.25) is 0 Å². The molecule has 1 aliphatic heterocycles. The van der Waals surface area contributed by atoms with Crippen molar-refractivity contribution in [1.29, 1.82) is 0 Å². The molecule has 1 saturated heterocycles. The molecule has 0 unspecified atom stereocenters. The van der Waals surface area contributed by atoms with Crippen molar-refractivity contribution in [2.24, 2.45) is 4.99 Å². The van der Waals surface area contributed by atoms with Crippen LogP contribution in [0.4, 0.5) is 5.69 Å². The number of aliphatic imine (C=N–C) groups is 1. The molecule has 1 fully saturated rings. The normalized spacial score (nSPS) is 17.7. The molecule has 3 rings (SSSR count). The van der Waals surface area contributed by atoms with E-state index < -0.39 is 5.97 Å². The number of hydrogen-bond acceptors (Lipinski definition) is 5. The molecular formula is C17H13N3O3S. The minimum absolute atomic E-state index is 0.134. The maximum absolute atomic E-state index is 12.3. The molecular weight excluding hydrogens is 326 g/mol. The highest BCUT2D eigenvalue weighted by Gasteiger charge is 2.30. The third-order valence-corrected chi connectivity index (χ3v) is 4.38. The van der Waals surface area contributed by atoms with Crippen molar-refractivity contribution in [2.75, 3.05) is 7.05 Å². The molecule has 1 aromatic heterocycles. The van der Waals surface area contributed by atoms with Crippen molar-refractivity contribution in [3.63, 3.8) is 0 Å². The van der Waals surface area contributed by atoms with Gasteiger partial charge in [-0.3, -0.25) is 14.7 Å². The van der Waals surface area contributed by atoms with Crippen LogP contribution in [0.15, 0.2) is 58.7 Å². The molecule has 1 aromatic carbocycles. The van der Waals surface area contributed by atoms with Crippen molar-refractivity contribution >= 4 is 40.6 Å². The molecule has 0 radical (unpaired) electrons. The average molecular weight is 339 g/mol. The fourth-order valence-electron chi connectivity index (χ4n) is 2.05. The monoisotopic (exact) mass is 339 g/mol. The Kier molecular flexibility index (Phi) is 4.43. The zero-order valence-electron chi connectivity index (χ0n) is 12.7. The second-order valence-electron chi connectivity index (χ2n) is 5.01. The van der Waals surface area contributed by atoms with E-state index in [9.17, 15) is 9.59 Å². The van der Waals surface area contributed by atoms with Gasteiger partial charge in [0.25, 0.3) is 5.91 Å². The molecule has 0 bridgehead atoms. The van der Waals surface area contributed by atoms with Gasteiger partial charge < -0.3 is 5.11 Å². The Morgan fingerprint density at radius 2 is 2.04 bits per heavy atom. The van der Waals surface area contributed by atoms with Crippen LogP contribution < -0.4 is 0 Å². The molecule has 0 saturated carbocycles. The number of thioether (sulfide) groups is 1. The number of pyridine rings is 1. The Bertz CT molecular complexity index is 845. The highest BCUT2D eigenvalue weighted by atomic mass is 32.2. The van der Waals surface area contributed by atoms with Crippen molar-refractivity contribution < 1.29 is 14.7 Å². The first-order valence-corrected chi connectivity index (χ1v) is 7.86. The molecule has 24 heavy (non-hydrogen) atoms. The molecule has 2 aromatic rings. The van der Waals surface area contributed by atoms with E-state index in [1.165, 1.54) is 28.8 Å². The summed E-state index contributed by atoms with van der Waals surface area (Å²) in [6, 6.07) is 9.86. The van der Waals surface area contributed by atoms with Crippen LogP contribution in [0.1, 0.15) is 15.9 Å². The van der Waals surface area contributed by atoms with Gasteiger partial charge in [0.05, 0.1) is 16.2 Å². The lowest BCUT2D eigenvalue weighted by molar-refractivity contribution is -0.121. The fraction of sp³-hybridized carbons (Fsp3) is 0.0588. The zero-order valence-corrected chi connectivity index (χ0v) is 13.5. The fourth-order valence-corrected chi connectivity index (χ4v) is 3.04. The van der Waals surface area contributed by atoms with Gasteiger partial charge >= 0.3 is 5.97 Å². The van der Waals surface area contributed by atoms with Gasteiger partial charge in [-0.25, -0.2) is 9.79 Å². The second kappa shape index (κ2) is 6.67. The van der Waals surface area contributed by atoms with Crippen molar-refractivity contribution in [1.82, 2.24) is 9.88 Å². The number of aromatic nitrogens is 1. The average Bonchev–Trinajstić information content (AvgIpc) is 2.84. The van der Waals surface area contributed by atoms with Gasteiger partial charge in [-0.2, -0.15) is 0 Å². The van der Waals surface area contributed by atoms with E-state index in [1.54, 1.807) is 43.7 Å². The summed E-state index contributed by atoms with van der Waals surface area (Å²) < 4.78 is 0. The molecule has 1 N–H and O–H groups in total. The Balaban J connectivity index is 1.86. The minimum Gasteiger partial charge on any atom is -0.478 e. The predicted octanol–water partition coefficient (Wildman–Crippen LogP) is 3.01.